The molecule has 39 heavy (non-hydrogen) atoms. The maximum atomic E-state index is 13.6. The fourth-order valence-electron chi connectivity index (χ4n) is 3.85. The molecule has 0 saturated carbocycles. The first kappa shape index (κ1) is 28.8. The van der Waals surface area contributed by atoms with E-state index < -0.39 is 19.9 Å². The number of carbonyl (C=O) groups excluding carboxylic acids is 1. The van der Waals surface area contributed by atoms with Crippen molar-refractivity contribution in [3.05, 3.63) is 83.9 Å². The fourth-order valence-corrected chi connectivity index (χ4v) is 6.76. The minimum absolute atomic E-state index is 0.0885. The van der Waals surface area contributed by atoms with Gasteiger partial charge < -0.3 is 4.90 Å². The standard InChI is InChI=1S/C27H30N4O5S3/c1-29(2)16-17-31(27-28-24-15-14-23(38(4,33)34)18-25(24)37-27)26(32)21-10-12-22(13-11-21)39(35,36)30(3)19-20-8-6-5-7-9-20/h5-15,18H,16-17,19H2,1-4H3. The highest BCUT2D eigenvalue weighted by Gasteiger charge is 2.25. The second-order valence-corrected chi connectivity index (χ2v) is 14.5. The molecule has 0 bridgehead atoms. The van der Waals surface area contributed by atoms with Gasteiger partial charge in [-0.15, -0.1) is 0 Å². The van der Waals surface area contributed by atoms with Crippen molar-refractivity contribution in [1.29, 1.82) is 0 Å². The number of sulfonamides is 1. The van der Waals surface area contributed by atoms with E-state index in [-0.39, 0.29) is 22.2 Å². The van der Waals surface area contributed by atoms with E-state index in [0.717, 1.165) is 11.8 Å². The number of hydrogen-bond acceptors (Lipinski definition) is 8. The third-order valence-corrected chi connectivity index (χ3v) is 10.1. The molecule has 0 radical (unpaired) electrons. The van der Waals surface area contributed by atoms with Gasteiger partial charge in [-0.25, -0.2) is 21.8 Å². The molecule has 0 spiro atoms. The summed E-state index contributed by atoms with van der Waals surface area (Å²) in [6.07, 6.45) is 1.15. The highest BCUT2D eigenvalue weighted by Crippen LogP contribution is 2.31. The topological polar surface area (TPSA) is 108 Å². The van der Waals surface area contributed by atoms with Gasteiger partial charge in [-0.1, -0.05) is 41.7 Å². The highest BCUT2D eigenvalue weighted by molar-refractivity contribution is 7.90. The lowest BCUT2D eigenvalue weighted by Crippen LogP contribution is -2.36. The van der Waals surface area contributed by atoms with Gasteiger partial charge in [0.05, 0.1) is 20.0 Å². The maximum Gasteiger partial charge on any atom is 0.260 e. The zero-order valence-electron chi connectivity index (χ0n) is 22.1. The van der Waals surface area contributed by atoms with Crippen molar-refractivity contribution >= 4 is 52.5 Å². The lowest BCUT2D eigenvalue weighted by Gasteiger charge is -2.22. The number of sulfone groups is 1. The molecule has 206 valence electrons. The number of anilines is 1. The van der Waals surface area contributed by atoms with Crippen molar-refractivity contribution < 1.29 is 21.6 Å². The number of rotatable bonds is 10. The Morgan fingerprint density at radius 1 is 0.846 bits per heavy atom. The molecule has 0 atom stereocenters. The number of hydrogen-bond donors (Lipinski definition) is 0. The Bertz CT molecular complexity index is 1680. The summed E-state index contributed by atoms with van der Waals surface area (Å²) in [6, 6.07) is 19.9. The Labute approximate surface area is 233 Å². The van der Waals surface area contributed by atoms with Gasteiger partial charge in [0.15, 0.2) is 15.0 Å². The van der Waals surface area contributed by atoms with Crippen molar-refractivity contribution in [2.24, 2.45) is 0 Å². The molecule has 0 saturated heterocycles. The number of nitrogens with zero attached hydrogens (tertiary/aromatic N) is 4. The van der Waals surface area contributed by atoms with Crippen LogP contribution in [0.25, 0.3) is 10.2 Å². The summed E-state index contributed by atoms with van der Waals surface area (Å²) in [4.78, 5) is 22.0. The number of fused-ring (bicyclic) bond motifs is 1. The van der Waals surface area contributed by atoms with Gasteiger partial charge in [-0.3, -0.25) is 9.69 Å². The van der Waals surface area contributed by atoms with Crippen molar-refractivity contribution in [2.45, 2.75) is 16.3 Å². The summed E-state index contributed by atoms with van der Waals surface area (Å²) < 4.78 is 52.1. The molecular formula is C27H30N4O5S3. The minimum atomic E-state index is -3.76. The van der Waals surface area contributed by atoms with Crippen LogP contribution < -0.4 is 4.90 Å². The average molecular weight is 587 g/mol. The molecule has 1 heterocycles. The van der Waals surface area contributed by atoms with E-state index in [1.54, 1.807) is 12.1 Å². The molecule has 4 rings (SSSR count). The molecule has 0 N–H and O–H groups in total. The Kier molecular flexibility index (Phi) is 8.52. The van der Waals surface area contributed by atoms with Crippen LogP contribution >= 0.6 is 11.3 Å². The summed E-state index contributed by atoms with van der Waals surface area (Å²) in [5.41, 5.74) is 1.77. The quantitative estimate of drug-likeness (QED) is 0.279. The molecule has 0 aliphatic carbocycles. The normalized spacial score (nSPS) is 12.4. The smallest absolute Gasteiger partial charge is 0.260 e. The fraction of sp³-hybridized carbons (Fsp3) is 0.259. The van der Waals surface area contributed by atoms with E-state index in [0.29, 0.717) is 34.0 Å². The van der Waals surface area contributed by atoms with Crippen LogP contribution in [0.15, 0.2) is 82.6 Å². The predicted octanol–water partition coefficient (Wildman–Crippen LogP) is 3.73. The van der Waals surface area contributed by atoms with E-state index in [1.807, 2.05) is 49.3 Å². The summed E-state index contributed by atoms with van der Waals surface area (Å²) in [5, 5.41) is 0.432. The summed E-state index contributed by atoms with van der Waals surface area (Å²) >= 11 is 1.23. The van der Waals surface area contributed by atoms with Crippen LogP contribution in [0.4, 0.5) is 5.13 Å². The maximum absolute atomic E-state index is 13.6. The Morgan fingerprint density at radius 2 is 1.49 bits per heavy atom. The van der Waals surface area contributed by atoms with E-state index in [9.17, 15) is 21.6 Å². The Hall–Kier alpha value is -3.16. The van der Waals surface area contributed by atoms with Crippen LogP contribution in [-0.4, -0.2) is 77.4 Å². The van der Waals surface area contributed by atoms with Gasteiger partial charge in [0.2, 0.25) is 10.0 Å². The van der Waals surface area contributed by atoms with Gasteiger partial charge >= 0.3 is 0 Å². The third-order valence-electron chi connectivity index (χ3n) is 6.08. The number of aromatic nitrogens is 1. The molecule has 3 aromatic carbocycles. The molecule has 1 aromatic heterocycles. The third kappa shape index (κ3) is 6.71. The van der Waals surface area contributed by atoms with Gasteiger partial charge in [0.25, 0.3) is 5.91 Å². The van der Waals surface area contributed by atoms with Gasteiger partial charge in [0.1, 0.15) is 0 Å². The van der Waals surface area contributed by atoms with Crippen LogP contribution in [0.1, 0.15) is 15.9 Å². The Morgan fingerprint density at radius 3 is 2.10 bits per heavy atom. The number of amides is 1. The highest BCUT2D eigenvalue weighted by atomic mass is 32.2. The van der Waals surface area contributed by atoms with Crippen molar-refractivity contribution in [1.82, 2.24) is 14.2 Å². The zero-order valence-corrected chi connectivity index (χ0v) is 24.6. The first-order valence-corrected chi connectivity index (χ1v) is 16.2. The lowest BCUT2D eigenvalue weighted by atomic mass is 10.2. The van der Waals surface area contributed by atoms with Crippen molar-refractivity contribution in [3.8, 4) is 0 Å². The van der Waals surface area contributed by atoms with Crippen LogP contribution in [0.3, 0.4) is 0 Å². The summed E-state index contributed by atoms with van der Waals surface area (Å²) in [6.45, 7) is 1.12. The van der Waals surface area contributed by atoms with Crippen LogP contribution in [0.2, 0.25) is 0 Å². The van der Waals surface area contributed by atoms with E-state index >= 15 is 0 Å². The second-order valence-electron chi connectivity index (χ2n) is 9.43. The lowest BCUT2D eigenvalue weighted by molar-refractivity contribution is 0.0985. The molecule has 0 aliphatic rings. The monoisotopic (exact) mass is 586 g/mol. The van der Waals surface area contributed by atoms with E-state index in [1.165, 1.54) is 57.9 Å². The van der Waals surface area contributed by atoms with E-state index in [2.05, 4.69) is 4.98 Å². The molecule has 0 unspecified atom stereocenters. The first-order valence-electron chi connectivity index (χ1n) is 12.0. The molecule has 9 nitrogen and oxygen atoms in total. The molecule has 4 aromatic rings. The van der Waals surface area contributed by atoms with Gasteiger partial charge in [-0.2, -0.15) is 4.31 Å². The van der Waals surface area contributed by atoms with Crippen LogP contribution in [-0.2, 0) is 26.4 Å². The van der Waals surface area contributed by atoms with Crippen molar-refractivity contribution in [2.75, 3.05) is 45.4 Å². The number of likely N-dealkylation sites (N-methyl/N-ethyl adjacent to an activating group) is 1. The molecule has 12 heteroatoms. The molecule has 0 fully saturated rings. The summed E-state index contributed by atoms with van der Waals surface area (Å²) in [7, 11) is -1.84. The number of benzene rings is 3. The number of carbonyl (C=O) groups is 1. The molecular weight excluding hydrogens is 557 g/mol. The largest absolute Gasteiger partial charge is 0.308 e. The minimum Gasteiger partial charge on any atom is -0.308 e. The first-order chi connectivity index (χ1) is 18.4. The second kappa shape index (κ2) is 11.5. The summed E-state index contributed by atoms with van der Waals surface area (Å²) in [5.74, 6) is -0.333. The zero-order chi connectivity index (χ0) is 28.4. The van der Waals surface area contributed by atoms with Crippen LogP contribution in [0, 0.1) is 0 Å². The average Bonchev–Trinajstić information content (AvgIpc) is 3.31. The van der Waals surface area contributed by atoms with E-state index in [4.69, 9.17) is 0 Å². The predicted molar refractivity (Wildman–Crippen MR) is 154 cm³/mol. The molecule has 0 aliphatic heterocycles. The molecule has 1 amide bonds. The van der Waals surface area contributed by atoms with Gasteiger partial charge in [0, 0.05) is 38.5 Å². The van der Waals surface area contributed by atoms with Crippen molar-refractivity contribution in [3.63, 3.8) is 0 Å². The number of thiazole rings is 1. The SMILES string of the molecule is CN(C)CCN(C(=O)c1ccc(S(=O)(=O)N(C)Cc2ccccc2)cc1)c1nc2ccc(S(C)(=O)=O)cc2s1. The Balaban J connectivity index is 1.61. The van der Waals surface area contributed by atoms with Crippen LogP contribution in [0.5, 0.6) is 0 Å². The van der Waals surface area contributed by atoms with Gasteiger partial charge in [-0.05, 0) is 62.1 Å².